The van der Waals surface area contributed by atoms with E-state index in [0.717, 1.165) is 25.1 Å². The summed E-state index contributed by atoms with van der Waals surface area (Å²) in [5.41, 5.74) is 2.54. The molecule has 0 amide bonds. The third-order valence-corrected chi connectivity index (χ3v) is 4.17. The van der Waals surface area contributed by atoms with Crippen molar-refractivity contribution in [1.82, 2.24) is 10.0 Å². The maximum Gasteiger partial charge on any atom is 0.299 e. The van der Waals surface area contributed by atoms with Crippen LogP contribution in [0, 0.1) is 0 Å². The molecule has 0 spiro atoms. The number of benzene rings is 1. The van der Waals surface area contributed by atoms with Crippen molar-refractivity contribution in [1.29, 1.82) is 0 Å². The molecule has 1 aliphatic rings. The Labute approximate surface area is 115 Å². The molecular weight excluding hydrogens is 262 g/mol. The van der Waals surface area contributed by atoms with Gasteiger partial charge in [-0.3, -0.25) is 4.72 Å². The van der Waals surface area contributed by atoms with Gasteiger partial charge in [-0.15, -0.1) is 0 Å². The summed E-state index contributed by atoms with van der Waals surface area (Å²) in [7, 11) is -3.54. The van der Waals surface area contributed by atoms with E-state index in [4.69, 9.17) is 0 Å². The molecule has 0 atom stereocenters. The summed E-state index contributed by atoms with van der Waals surface area (Å²) in [6.07, 6.45) is 0.989. The van der Waals surface area contributed by atoms with Crippen molar-refractivity contribution in [3.8, 4) is 0 Å². The van der Waals surface area contributed by atoms with Crippen LogP contribution in [0.1, 0.15) is 31.9 Å². The van der Waals surface area contributed by atoms with Crippen LogP contribution in [-0.2, 0) is 23.2 Å². The normalized spacial score (nSPS) is 15.9. The lowest BCUT2D eigenvalue weighted by molar-refractivity contribution is 0.494. The summed E-state index contributed by atoms with van der Waals surface area (Å²) < 4.78 is 29.0. The van der Waals surface area contributed by atoms with Gasteiger partial charge in [-0.05, 0) is 57.0 Å². The average molecular weight is 283 g/mol. The zero-order valence-electron chi connectivity index (χ0n) is 11.6. The van der Waals surface area contributed by atoms with E-state index in [1.165, 1.54) is 5.56 Å². The molecule has 0 bridgehead atoms. The van der Waals surface area contributed by atoms with Gasteiger partial charge < -0.3 is 5.32 Å². The number of anilines is 1. The van der Waals surface area contributed by atoms with Gasteiger partial charge >= 0.3 is 0 Å². The number of hydrogen-bond donors (Lipinski definition) is 3. The van der Waals surface area contributed by atoms with Crippen LogP contribution in [0.4, 0.5) is 5.69 Å². The Bertz CT molecular complexity index is 562. The Morgan fingerprint density at radius 1 is 1.21 bits per heavy atom. The Kier molecular flexibility index (Phi) is 3.85. The summed E-state index contributed by atoms with van der Waals surface area (Å²) in [6.45, 7) is 7.19. The number of nitrogens with one attached hydrogen (secondary N) is 3. The Morgan fingerprint density at radius 2 is 1.95 bits per heavy atom. The van der Waals surface area contributed by atoms with Crippen LogP contribution in [0.15, 0.2) is 18.2 Å². The first kappa shape index (κ1) is 14.3. The standard InChI is InChI=1S/C13H21N3O2S/c1-13(2,3)16-19(17,18)15-12-5-4-10-6-7-14-9-11(10)8-12/h4-5,8,14-16H,6-7,9H2,1-3H3. The maximum absolute atomic E-state index is 11.9. The van der Waals surface area contributed by atoms with Crippen LogP contribution in [0.25, 0.3) is 0 Å². The molecule has 0 aromatic heterocycles. The van der Waals surface area contributed by atoms with Crippen LogP contribution in [-0.4, -0.2) is 20.5 Å². The van der Waals surface area contributed by atoms with Crippen molar-refractivity contribution in [2.75, 3.05) is 11.3 Å². The zero-order chi connectivity index (χ0) is 14.1. The second-order valence-electron chi connectivity index (χ2n) is 5.87. The number of rotatable bonds is 3. The Hall–Kier alpha value is -1.11. The molecule has 0 saturated carbocycles. The second kappa shape index (κ2) is 5.11. The van der Waals surface area contributed by atoms with Crippen LogP contribution >= 0.6 is 0 Å². The van der Waals surface area contributed by atoms with Gasteiger partial charge in [0, 0.05) is 12.1 Å². The predicted molar refractivity (Wildman–Crippen MR) is 77.3 cm³/mol. The topological polar surface area (TPSA) is 70.2 Å². The minimum absolute atomic E-state index is 0.498. The van der Waals surface area contributed by atoms with Gasteiger partial charge in [0.15, 0.2) is 0 Å². The number of fused-ring (bicyclic) bond motifs is 1. The summed E-state index contributed by atoms with van der Waals surface area (Å²) in [4.78, 5) is 0. The van der Waals surface area contributed by atoms with Crippen molar-refractivity contribution in [3.05, 3.63) is 29.3 Å². The van der Waals surface area contributed by atoms with Crippen molar-refractivity contribution < 1.29 is 8.42 Å². The molecule has 0 fully saturated rings. The van der Waals surface area contributed by atoms with E-state index in [2.05, 4.69) is 14.8 Å². The third kappa shape index (κ3) is 4.19. The molecule has 3 N–H and O–H groups in total. The zero-order valence-corrected chi connectivity index (χ0v) is 12.4. The third-order valence-electron chi connectivity index (χ3n) is 2.79. The monoisotopic (exact) mass is 283 g/mol. The van der Waals surface area contributed by atoms with E-state index in [9.17, 15) is 8.42 Å². The first-order valence-electron chi connectivity index (χ1n) is 6.39. The highest BCUT2D eigenvalue weighted by atomic mass is 32.2. The highest BCUT2D eigenvalue weighted by Crippen LogP contribution is 2.19. The molecule has 19 heavy (non-hydrogen) atoms. The van der Waals surface area contributed by atoms with E-state index in [1.54, 1.807) is 0 Å². The fourth-order valence-corrected chi connectivity index (χ4v) is 3.42. The first-order valence-corrected chi connectivity index (χ1v) is 7.88. The van der Waals surface area contributed by atoms with Crippen LogP contribution < -0.4 is 14.8 Å². The molecule has 2 rings (SSSR count). The molecule has 1 aromatic rings. The van der Waals surface area contributed by atoms with Gasteiger partial charge in [-0.25, -0.2) is 0 Å². The number of hydrogen-bond acceptors (Lipinski definition) is 3. The van der Waals surface area contributed by atoms with Crippen LogP contribution in [0.2, 0.25) is 0 Å². The average Bonchev–Trinajstić information content (AvgIpc) is 2.24. The van der Waals surface area contributed by atoms with Crippen molar-refractivity contribution in [2.45, 2.75) is 39.3 Å². The second-order valence-corrected chi connectivity index (χ2v) is 7.28. The molecule has 5 nitrogen and oxygen atoms in total. The van der Waals surface area contributed by atoms with Gasteiger partial charge in [0.2, 0.25) is 0 Å². The van der Waals surface area contributed by atoms with E-state index in [1.807, 2.05) is 39.0 Å². The molecule has 1 aromatic carbocycles. The first-order chi connectivity index (χ1) is 8.75. The van der Waals surface area contributed by atoms with Gasteiger partial charge in [0.1, 0.15) is 0 Å². The van der Waals surface area contributed by atoms with Crippen molar-refractivity contribution in [3.63, 3.8) is 0 Å². The Morgan fingerprint density at radius 3 is 2.63 bits per heavy atom. The van der Waals surface area contributed by atoms with Crippen molar-refractivity contribution in [2.24, 2.45) is 0 Å². The smallest absolute Gasteiger partial charge is 0.299 e. The molecule has 6 heteroatoms. The van der Waals surface area contributed by atoms with E-state index in [-0.39, 0.29) is 0 Å². The minimum atomic E-state index is -3.54. The van der Waals surface area contributed by atoms with Gasteiger partial charge in [-0.2, -0.15) is 13.1 Å². The van der Waals surface area contributed by atoms with Gasteiger partial charge in [-0.1, -0.05) is 6.07 Å². The molecule has 0 aliphatic carbocycles. The molecular formula is C13H21N3O2S. The van der Waals surface area contributed by atoms with Crippen molar-refractivity contribution >= 4 is 15.9 Å². The lowest BCUT2D eigenvalue weighted by Gasteiger charge is -2.22. The molecule has 0 radical (unpaired) electrons. The summed E-state index contributed by atoms with van der Waals surface area (Å²) >= 11 is 0. The highest BCUT2D eigenvalue weighted by molar-refractivity contribution is 7.90. The fraction of sp³-hybridized carbons (Fsp3) is 0.538. The van der Waals surface area contributed by atoms with E-state index in [0.29, 0.717) is 5.69 Å². The Balaban J connectivity index is 2.15. The molecule has 106 valence electrons. The quantitative estimate of drug-likeness (QED) is 0.785. The summed E-state index contributed by atoms with van der Waals surface area (Å²) in [6, 6.07) is 5.69. The fourth-order valence-electron chi connectivity index (χ4n) is 2.13. The minimum Gasteiger partial charge on any atom is -0.312 e. The molecule has 0 unspecified atom stereocenters. The molecule has 1 aliphatic heterocycles. The summed E-state index contributed by atoms with van der Waals surface area (Å²) in [5.74, 6) is 0. The largest absolute Gasteiger partial charge is 0.312 e. The maximum atomic E-state index is 11.9. The van der Waals surface area contributed by atoms with E-state index >= 15 is 0 Å². The SMILES string of the molecule is CC(C)(C)NS(=O)(=O)Nc1ccc2c(c1)CNCC2. The molecule has 0 saturated heterocycles. The van der Waals surface area contributed by atoms with Crippen LogP contribution in [0.5, 0.6) is 0 Å². The lowest BCUT2D eigenvalue weighted by atomic mass is 10.0. The summed E-state index contributed by atoms with van der Waals surface area (Å²) in [5, 5.41) is 3.28. The van der Waals surface area contributed by atoms with Gasteiger partial charge in [0.05, 0.1) is 5.69 Å². The van der Waals surface area contributed by atoms with E-state index < -0.39 is 15.7 Å². The van der Waals surface area contributed by atoms with Gasteiger partial charge in [0.25, 0.3) is 10.2 Å². The molecule has 1 heterocycles. The lowest BCUT2D eigenvalue weighted by Crippen LogP contribution is -2.43. The predicted octanol–water partition coefficient (Wildman–Crippen LogP) is 1.38. The highest BCUT2D eigenvalue weighted by Gasteiger charge is 2.20. The van der Waals surface area contributed by atoms with Crippen LogP contribution in [0.3, 0.4) is 0 Å².